The summed E-state index contributed by atoms with van der Waals surface area (Å²) in [5, 5.41) is 0. The largest absolute Gasteiger partial charge is 0.497 e. The van der Waals surface area contributed by atoms with Crippen LogP contribution in [-0.2, 0) is 0 Å². The monoisotopic (exact) mass is 228 g/mol. The lowest BCUT2D eigenvalue weighted by Gasteiger charge is -2.14. The summed E-state index contributed by atoms with van der Waals surface area (Å²) in [6.07, 6.45) is 5.14. The zero-order valence-electron chi connectivity index (χ0n) is 10.4. The molecule has 0 bridgehead atoms. The van der Waals surface area contributed by atoms with Crippen LogP contribution in [0.15, 0.2) is 41.5 Å². The molecule has 0 aliphatic heterocycles. The highest BCUT2D eigenvalue weighted by atomic mass is 16.5. The zero-order valence-corrected chi connectivity index (χ0v) is 10.4. The highest BCUT2D eigenvalue weighted by molar-refractivity contribution is 5.79. The van der Waals surface area contributed by atoms with E-state index in [1.54, 1.807) is 13.2 Å². The van der Waals surface area contributed by atoms with Crippen LogP contribution in [0.2, 0.25) is 0 Å². The van der Waals surface area contributed by atoms with Crippen LogP contribution >= 0.6 is 0 Å². The Balaban J connectivity index is 2.47. The Hall–Kier alpha value is -1.83. The molecule has 2 rings (SSSR count). The number of ether oxygens (including phenoxy) is 1. The number of rotatable bonds is 3. The van der Waals surface area contributed by atoms with Crippen molar-refractivity contribution in [2.75, 3.05) is 7.11 Å². The summed E-state index contributed by atoms with van der Waals surface area (Å²) in [6.45, 7) is 4.20. The van der Waals surface area contributed by atoms with Gasteiger partial charge in [0.05, 0.1) is 7.11 Å². The Kier molecular flexibility index (Phi) is 3.14. The third-order valence-electron chi connectivity index (χ3n) is 3.38. The number of carbonyl (C=O) groups excluding carboxylic acids is 1. The average Bonchev–Trinajstić information content (AvgIpc) is 2.69. The summed E-state index contributed by atoms with van der Waals surface area (Å²) in [7, 11) is 1.61. The maximum Gasteiger partial charge on any atom is 0.150 e. The van der Waals surface area contributed by atoms with E-state index in [9.17, 15) is 4.79 Å². The fourth-order valence-electron chi connectivity index (χ4n) is 2.16. The standard InChI is InChI=1S/C15H16O2/c1-10-4-6-14(11(10)2)15-7-5-13(17-3)8-12(15)9-16/h4-9,14H,1-3H3. The molecule has 1 aromatic rings. The molecule has 0 saturated heterocycles. The average molecular weight is 228 g/mol. The fraction of sp³-hybridized carbons (Fsp3) is 0.267. The van der Waals surface area contributed by atoms with Crippen molar-refractivity contribution in [1.29, 1.82) is 0 Å². The number of hydrogen-bond donors (Lipinski definition) is 0. The van der Waals surface area contributed by atoms with Gasteiger partial charge in [0, 0.05) is 11.5 Å². The van der Waals surface area contributed by atoms with Gasteiger partial charge in [0.1, 0.15) is 12.0 Å². The van der Waals surface area contributed by atoms with Crippen LogP contribution in [0.4, 0.5) is 0 Å². The van der Waals surface area contributed by atoms with Gasteiger partial charge in [-0.25, -0.2) is 0 Å². The number of aldehydes is 1. The minimum Gasteiger partial charge on any atom is -0.497 e. The van der Waals surface area contributed by atoms with Gasteiger partial charge in [-0.15, -0.1) is 0 Å². The predicted octanol–water partition coefficient (Wildman–Crippen LogP) is 3.50. The first-order chi connectivity index (χ1) is 8.17. The number of benzene rings is 1. The van der Waals surface area contributed by atoms with Crippen LogP contribution in [0.1, 0.15) is 35.7 Å². The van der Waals surface area contributed by atoms with Crippen LogP contribution < -0.4 is 4.74 Å². The van der Waals surface area contributed by atoms with Crippen molar-refractivity contribution in [3.8, 4) is 5.75 Å². The third kappa shape index (κ3) is 2.03. The lowest BCUT2D eigenvalue weighted by atomic mass is 9.90. The second-order valence-electron chi connectivity index (χ2n) is 4.32. The zero-order chi connectivity index (χ0) is 12.4. The molecule has 0 N–H and O–H groups in total. The normalized spacial score (nSPS) is 18.6. The predicted molar refractivity (Wildman–Crippen MR) is 68.6 cm³/mol. The topological polar surface area (TPSA) is 26.3 Å². The Labute approximate surface area is 102 Å². The van der Waals surface area contributed by atoms with E-state index >= 15 is 0 Å². The molecule has 0 saturated carbocycles. The van der Waals surface area contributed by atoms with Gasteiger partial charge in [-0.05, 0) is 31.5 Å². The number of hydrogen-bond acceptors (Lipinski definition) is 2. The maximum atomic E-state index is 11.1. The van der Waals surface area contributed by atoms with Crippen LogP contribution in [0.5, 0.6) is 5.75 Å². The first-order valence-corrected chi connectivity index (χ1v) is 5.66. The molecule has 1 aliphatic rings. The van der Waals surface area contributed by atoms with Crippen molar-refractivity contribution >= 4 is 6.29 Å². The Morgan fingerprint density at radius 1 is 1.29 bits per heavy atom. The molecule has 1 atom stereocenters. The molecule has 0 heterocycles. The second-order valence-corrected chi connectivity index (χ2v) is 4.32. The lowest BCUT2D eigenvalue weighted by Crippen LogP contribution is -2.00. The maximum absolute atomic E-state index is 11.1. The quantitative estimate of drug-likeness (QED) is 0.740. The molecule has 0 radical (unpaired) electrons. The van der Waals surface area contributed by atoms with E-state index in [-0.39, 0.29) is 5.92 Å². The number of carbonyl (C=O) groups is 1. The summed E-state index contributed by atoms with van der Waals surface area (Å²) in [5.41, 5.74) is 4.33. The fourth-order valence-corrected chi connectivity index (χ4v) is 2.16. The van der Waals surface area contributed by atoms with Crippen LogP contribution in [0.25, 0.3) is 0 Å². The van der Waals surface area contributed by atoms with Crippen LogP contribution in [0, 0.1) is 0 Å². The Morgan fingerprint density at radius 3 is 2.59 bits per heavy atom. The third-order valence-corrected chi connectivity index (χ3v) is 3.38. The van der Waals surface area contributed by atoms with Crippen molar-refractivity contribution < 1.29 is 9.53 Å². The van der Waals surface area contributed by atoms with Gasteiger partial charge >= 0.3 is 0 Å². The molecule has 2 nitrogen and oxygen atoms in total. The van der Waals surface area contributed by atoms with Gasteiger partial charge < -0.3 is 4.74 Å². The van der Waals surface area contributed by atoms with E-state index in [1.807, 2.05) is 12.1 Å². The molecule has 88 valence electrons. The van der Waals surface area contributed by atoms with Crippen molar-refractivity contribution in [3.63, 3.8) is 0 Å². The molecule has 0 amide bonds. The molecule has 0 fully saturated rings. The van der Waals surface area contributed by atoms with E-state index in [1.165, 1.54) is 11.1 Å². The number of methoxy groups -OCH3 is 1. The van der Waals surface area contributed by atoms with E-state index in [0.717, 1.165) is 17.6 Å². The summed E-state index contributed by atoms with van der Waals surface area (Å²) >= 11 is 0. The highest BCUT2D eigenvalue weighted by Crippen LogP contribution is 2.35. The van der Waals surface area contributed by atoms with Gasteiger partial charge in [0.2, 0.25) is 0 Å². The second kappa shape index (κ2) is 4.58. The Morgan fingerprint density at radius 2 is 2.06 bits per heavy atom. The molecule has 1 aromatic carbocycles. The minimum absolute atomic E-state index is 0.223. The van der Waals surface area contributed by atoms with Gasteiger partial charge in [0.25, 0.3) is 0 Å². The van der Waals surface area contributed by atoms with Gasteiger partial charge in [-0.1, -0.05) is 29.4 Å². The van der Waals surface area contributed by atoms with E-state index < -0.39 is 0 Å². The SMILES string of the molecule is COc1ccc(C2C=CC(C)=C2C)c(C=O)c1. The minimum atomic E-state index is 0.223. The molecule has 0 spiro atoms. The lowest BCUT2D eigenvalue weighted by molar-refractivity contribution is 0.112. The van der Waals surface area contributed by atoms with Crippen LogP contribution in [-0.4, -0.2) is 13.4 Å². The smallest absolute Gasteiger partial charge is 0.150 e. The van der Waals surface area contributed by atoms with E-state index in [4.69, 9.17) is 4.74 Å². The molecule has 17 heavy (non-hydrogen) atoms. The van der Waals surface area contributed by atoms with Crippen molar-refractivity contribution in [1.82, 2.24) is 0 Å². The summed E-state index contributed by atoms with van der Waals surface area (Å²) in [6, 6.07) is 5.66. The van der Waals surface area contributed by atoms with Gasteiger partial charge in [0.15, 0.2) is 0 Å². The van der Waals surface area contributed by atoms with Gasteiger partial charge in [-0.3, -0.25) is 4.79 Å². The van der Waals surface area contributed by atoms with Crippen molar-refractivity contribution in [2.45, 2.75) is 19.8 Å². The van der Waals surface area contributed by atoms with Crippen molar-refractivity contribution in [2.24, 2.45) is 0 Å². The molecular formula is C15H16O2. The van der Waals surface area contributed by atoms with Crippen molar-refractivity contribution in [3.05, 3.63) is 52.6 Å². The summed E-state index contributed by atoms with van der Waals surface area (Å²) in [4.78, 5) is 11.1. The Bertz CT molecular complexity index is 510. The summed E-state index contributed by atoms with van der Waals surface area (Å²) in [5.74, 6) is 0.942. The van der Waals surface area contributed by atoms with Gasteiger partial charge in [-0.2, -0.15) is 0 Å². The molecule has 2 heteroatoms. The molecule has 1 aliphatic carbocycles. The summed E-state index contributed by atoms with van der Waals surface area (Å²) < 4.78 is 5.13. The van der Waals surface area contributed by atoms with Crippen LogP contribution in [0.3, 0.4) is 0 Å². The highest BCUT2D eigenvalue weighted by Gasteiger charge is 2.19. The van der Waals surface area contributed by atoms with E-state index in [0.29, 0.717) is 5.56 Å². The number of allylic oxidation sites excluding steroid dienone is 4. The first kappa shape index (κ1) is 11.6. The molecule has 1 unspecified atom stereocenters. The first-order valence-electron chi connectivity index (χ1n) is 5.66. The van der Waals surface area contributed by atoms with E-state index in [2.05, 4.69) is 26.0 Å². The molecule has 0 aromatic heterocycles. The molecular weight excluding hydrogens is 212 g/mol.